The average molecular weight is 785 g/mol. The van der Waals surface area contributed by atoms with Crippen LogP contribution in [0.3, 0.4) is 0 Å². The minimum Gasteiger partial charge on any atom is -0.456 e. The topological polar surface area (TPSA) is 71.7 Å². The van der Waals surface area contributed by atoms with Gasteiger partial charge in [0.25, 0.3) is 0 Å². The smallest absolute Gasteiger partial charge is 0.164 e. The van der Waals surface area contributed by atoms with E-state index in [-0.39, 0.29) is 0 Å². The maximum absolute atomic E-state index is 6.78. The second kappa shape index (κ2) is 13.0. The van der Waals surface area contributed by atoms with E-state index < -0.39 is 0 Å². The summed E-state index contributed by atoms with van der Waals surface area (Å²) in [4.78, 5) is 4.41. The maximum Gasteiger partial charge on any atom is 0.164 e. The highest BCUT2D eigenvalue weighted by Gasteiger charge is 2.23. The molecule has 4 heterocycles. The Morgan fingerprint density at radius 2 is 0.721 bits per heavy atom. The van der Waals surface area contributed by atoms with Gasteiger partial charge >= 0.3 is 0 Å². The second-order valence-electron chi connectivity index (χ2n) is 15.4. The van der Waals surface area contributed by atoms with Crippen molar-refractivity contribution in [3.05, 3.63) is 194 Å². The number of anilines is 6. The van der Waals surface area contributed by atoms with Crippen LogP contribution in [0.5, 0.6) is 0 Å². The number of rotatable bonds is 6. The predicted octanol–water partition coefficient (Wildman–Crippen LogP) is 15.4. The molecule has 0 bridgehead atoms. The number of para-hydroxylation sites is 2. The Bertz CT molecular complexity index is 3620. The standard InChI is InChI=1S/C54H32N4O3/c1-3-15-38-33(11-1)13-9-19-45(38)57(35-23-26-42-40-17-5-7-21-47(40)59-49(42)29-35)36-25-28-44-51(30-36)61-52-32-53(55-56-54(44)52)58(46-20-10-14-34-12-2-4-16-39(34)46)37-24-27-43-41-18-6-8-22-48(41)60-50(43)31-37/h1-32H. The van der Waals surface area contributed by atoms with E-state index in [1.165, 1.54) is 0 Å². The van der Waals surface area contributed by atoms with Crippen molar-refractivity contribution >= 4 is 122 Å². The van der Waals surface area contributed by atoms with E-state index in [9.17, 15) is 0 Å². The molecule has 0 N–H and O–H groups in total. The molecule has 13 aromatic rings. The van der Waals surface area contributed by atoms with Crippen molar-refractivity contribution in [2.45, 2.75) is 0 Å². The number of furan rings is 3. The van der Waals surface area contributed by atoms with E-state index in [0.717, 1.165) is 99.2 Å². The molecule has 286 valence electrons. The van der Waals surface area contributed by atoms with Gasteiger partial charge in [-0.25, -0.2) is 0 Å². The summed E-state index contributed by atoms with van der Waals surface area (Å²) in [5, 5.41) is 19.5. The lowest BCUT2D eigenvalue weighted by Gasteiger charge is -2.26. The zero-order valence-electron chi connectivity index (χ0n) is 32.5. The summed E-state index contributed by atoms with van der Waals surface area (Å²) in [7, 11) is 0. The Morgan fingerprint density at radius 3 is 1.31 bits per heavy atom. The fourth-order valence-corrected chi connectivity index (χ4v) is 9.12. The average Bonchev–Trinajstić information content (AvgIpc) is 3.99. The molecule has 0 atom stereocenters. The van der Waals surface area contributed by atoms with Crippen LogP contribution >= 0.6 is 0 Å². The summed E-state index contributed by atoms with van der Waals surface area (Å²) >= 11 is 0. The van der Waals surface area contributed by atoms with Crippen LogP contribution in [0.25, 0.3) is 87.5 Å². The van der Waals surface area contributed by atoms with Gasteiger partial charge in [-0.15, -0.1) is 10.2 Å². The lowest BCUT2D eigenvalue weighted by molar-refractivity contribution is 0.667. The molecule has 7 nitrogen and oxygen atoms in total. The molecule has 0 aliphatic carbocycles. The normalized spacial score (nSPS) is 11.9. The minimum absolute atomic E-state index is 0.620. The van der Waals surface area contributed by atoms with E-state index in [4.69, 9.17) is 23.4 Å². The summed E-state index contributed by atoms with van der Waals surface area (Å²) in [6, 6.07) is 67.0. The Hall–Kier alpha value is -8.42. The Balaban J connectivity index is 0.981. The highest BCUT2D eigenvalue weighted by molar-refractivity contribution is 6.10. The maximum atomic E-state index is 6.78. The van der Waals surface area contributed by atoms with Gasteiger partial charge in [0, 0.05) is 73.3 Å². The van der Waals surface area contributed by atoms with Crippen LogP contribution < -0.4 is 9.80 Å². The van der Waals surface area contributed by atoms with Crippen molar-refractivity contribution in [2.24, 2.45) is 0 Å². The van der Waals surface area contributed by atoms with Gasteiger partial charge in [-0.05, 0) is 71.4 Å². The van der Waals surface area contributed by atoms with Crippen molar-refractivity contribution < 1.29 is 13.3 Å². The van der Waals surface area contributed by atoms with Gasteiger partial charge in [0.05, 0.1) is 17.1 Å². The molecule has 4 aromatic heterocycles. The third-order valence-electron chi connectivity index (χ3n) is 11.9. The van der Waals surface area contributed by atoms with Gasteiger partial charge in [0.2, 0.25) is 0 Å². The molecule has 0 amide bonds. The van der Waals surface area contributed by atoms with E-state index in [0.29, 0.717) is 22.5 Å². The fraction of sp³-hybridized carbons (Fsp3) is 0. The third kappa shape index (κ3) is 5.24. The lowest BCUT2D eigenvalue weighted by Crippen LogP contribution is -2.12. The van der Waals surface area contributed by atoms with Gasteiger partial charge < -0.3 is 18.2 Å². The Morgan fingerprint density at radius 1 is 0.295 bits per heavy atom. The highest BCUT2D eigenvalue weighted by Crippen LogP contribution is 2.45. The first-order chi connectivity index (χ1) is 30.2. The van der Waals surface area contributed by atoms with Crippen LogP contribution in [-0.4, -0.2) is 10.2 Å². The second-order valence-corrected chi connectivity index (χ2v) is 15.4. The first-order valence-electron chi connectivity index (χ1n) is 20.3. The molecular formula is C54H32N4O3. The molecule has 0 aliphatic heterocycles. The van der Waals surface area contributed by atoms with E-state index >= 15 is 0 Å². The number of nitrogens with zero attached hydrogens (tertiary/aromatic N) is 4. The summed E-state index contributed by atoms with van der Waals surface area (Å²) in [5.74, 6) is 0.620. The van der Waals surface area contributed by atoms with Gasteiger partial charge in [-0.1, -0.05) is 109 Å². The molecule has 0 aliphatic rings. The van der Waals surface area contributed by atoms with Crippen LogP contribution in [0.2, 0.25) is 0 Å². The van der Waals surface area contributed by atoms with Crippen molar-refractivity contribution in [1.29, 1.82) is 0 Å². The highest BCUT2D eigenvalue weighted by atomic mass is 16.3. The SMILES string of the molecule is c1ccc2c(N(c3ccc4c(c3)oc3ccccc34)c3ccc4c(c3)oc3cc(N(c5ccc6c(c5)oc5ccccc56)c5cccc6ccccc56)nnc34)cccc2c1. The molecule has 0 saturated carbocycles. The summed E-state index contributed by atoms with van der Waals surface area (Å²) in [5.41, 5.74) is 10.2. The molecule has 13 rings (SSSR count). The zero-order valence-corrected chi connectivity index (χ0v) is 32.5. The third-order valence-corrected chi connectivity index (χ3v) is 11.9. The van der Waals surface area contributed by atoms with Crippen molar-refractivity contribution in [3.8, 4) is 0 Å². The summed E-state index contributed by atoms with van der Waals surface area (Å²) in [6.07, 6.45) is 0. The Kier molecular flexibility index (Phi) is 7.17. The number of benzene rings is 9. The van der Waals surface area contributed by atoms with Gasteiger partial charge in [-0.2, -0.15) is 0 Å². The first-order valence-corrected chi connectivity index (χ1v) is 20.3. The monoisotopic (exact) mass is 784 g/mol. The molecule has 9 aromatic carbocycles. The molecule has 0 spiro atoms. The molecule has 7 heteroatoms. The van der Waals surface area contributed by atoms with Gasteiger partial charge in [0.15, 0.2) is 11.4 Å². The number of fused-ring (bicyclic) bond motifs is 11. The largest absolute Gasteiger partial charge is 0.456 e. The summed E-state index contributed by atoms with van der Waals surface area (Å²) < 4.78 is 19.6. The van der Waals surface area contributed by atoms with E-state index in [2.05, 4.69) is 161 Å². The molecule has 0 saturated heterocycles. The lowest BCUT2D eigenvalue weighted by atomic mass is 10.1. The number of hydrogen-bond acceptors (Lipinski definition) is 7. The van der Waals surface area contributed by atoms with Crippen LogP contribution in [0.4, 0.5) is 34.3 Å². The van der Waals surface area contributed by atoms with Crippen LogP contribution in [0.15, 0.2) is 207 Å². The number of hydrogen-bond donors (Lipinski definition) is 0. The fourth-order valence-electron chi connectivity index (χ4n) is 9.12. The van der Waals surface area contributed by atoms with Crippen LogP contribution in [0.1, 0.15) is 0 Å². The summed E-state index contributed by atoms with van der Waals surface area (Å²) in [6.45, 7) is 0. The van der Waals surface area contributed by atoms with Crippen LogP contribution in [-0.2, 0) is 0 Å². The van der Waals surface area contributed by atoms with Crippen LogP contribution in [0, 0.1) is 0 Å². The van der Waals surface area contributed by atoms with Gasteiger partial charge in [-0.3, -0.25) is 4.90 Å². The van der Waals surface area contributed by atoms with Crippen molar-refractivity contribution in [2.75, 3.05) is 9.80 Å². The molecular weight excluding hydrogens is 753 g/mol. The zero-order chi connectivity index (χ0) is 40.0. The predicted molar refractivity (Wildman–Crippen MR) is 248 cm³/mol. The van der Waals surface area contributed by atoms with E-state index in [1.54, 1.807) is 0 Å². The molecule has 0 radical (unpaired) electrons. The molecule has 0 fully saturated rings. The van der Waals surface area contributed by atoms with Crippen molar-refractivity contribution in [3.63, 3.8) is 0 Å². The van der Waals surface area contributed by atoms with Crippen molar-refractivity contribution in [1.82, 2.24) is 10.2 Å². The quantitative estimate of drug-likeness (QED) is 0.166. The minimum atomic E-state index is 0.620. The van der Waals surface area contributed by atoms with E-state index in [1.807, 2.05) is 42.5 Å². The first kappa shape index (κ1) is 33.5. The number of aromatic nitrogens is 2. The van der Waals surface area contributed by atoms with Gasteiger partial charge in [0.1, 0.15) is 33.4 Å². The Labute approximate surface area is 347 Å². The molecule has 0 unspecified atom stereocenters. The molecule has 61 heavy (non-hydrogen) atoms.